The molecule has 0 saturated carbocycles. The van der Waals surface area contributed by atoms with Crippen LogP contribution in [0.25, 0.3) is 21.9 Å². The average Bonchev–Trinajstić information content (AvgIpc) is 2.47. The van der Waals surface area contributed by atoms with Crippen LogP contribution in [0.3, 0.4) is 0 Å². The lowest BCUT2D eigenvalue weighted by atomic mass is 10.1. The molecule has 0 aliphatic heterocycles. The average molecular weight is 285 g/mol. The monoisotopic (exact) mass is 285 g/mol. The molecule has 0 unspecified atom stereocenters. The van der Waals surface area contributed by atoms with E-state index in [1.807, 2.05) is 0 Å². The number of aromatic amines is 1. The van der Waals surface area contributed by atoms with Gasteiger partial charge >= 0.3 is 11.6 Å². The number of hydrogen-bond donors (Lipinski definition) is 1. The summed E-state index contributed by atoms with van der Waals surface area (Å²) in [7, 11) is 0. The van der Waals surface area contributed by atoms with Gasteiger partial charge in [-0.05, 0) is 24.4 Å². The predicted octanol–water partition coefficient (Wildman–Crippen LogP) is 1.81. The number of esters is 1. The van der Waals surface area contributed by atoms with Crippen molar-refractivity contribution in [2.45, 2.75) is 6.92 Å². The van der Waals surface area contributed by atoms with Crippen LogP contribution in [0.15, 0.2) is 44.3 Å². The number of ether oxygens (including phenoxy) is 1. The van der Waals surface area contributed by atoms with Crippen LogP contribution in [0.1, 0.15) is 17.3 Å². The van der Waals surface area contributed by atoms with Gasteiger partial charge in [-0.1, -0.05) is 18.2 Å². The number of hydrogen-bond acceptors (Lipinski definition) is 5. The van der Waals surface area contributed by atoms with E-state index in [0.29, 0.717) is 16.2 Å². The number of fused-ring (bicyclic) bond motifs is 3. The molecule has 0 aliphatic carbocycles. The van der Waals surface area contributed by atoms with Crippen molar-refractivity contribution in [3.8, 4) is 0 Å². The summed E-state index contributed by atoms with van der Waals surface area (Å²) in [6, 6.07) is 8.26. The molecular weight excluding hydrogens is 274 g/mol. The Hall–Kier alpha value is -2.89. The van der Waals surface area contributed by atoms with Gasteiger partial charge in [-0.3, -0.25) is 9.78 Å². The highest BCUT2D eigenvalue weighted by molar-refractivity contribution is 6.05. The Kier molecular flexibility index (Phi) is 3.06. The highest BCUT2D eigenvalue weighted by Crippen LogP contribution is 2.20. The van der Waals surface area contributed by atoms with Crippen LogP contribution >= 0.6 is 0 Å². The van der Waals surface area contributed by atoms with E-state index in [1.54, 1.807) is 31.2 Å². The van der Waals surface area contributed by atoms with Crippen molar-refractivity contribution in [3.63, 3.8) is 0 Å². The molecule has 6 heteroatoms. The van der Waals surface area contributed by atoms with Crippen molar-refractivity contribution in [2.75, 3.05) is 6.61 Å². The zero-order valence-corrected chi connectivity index (χ0v) is 11.1. The van der Waals surface area contributed by atoms with Gasteiger partial charge in [0.2, 0.25) is 5.71 Å². The van der Waals surface area contributed by atoms with Gasteiger partial charge in [0, 0.05) is 10.8 Å². The Morgan fingerprint density at radius 2 is 1.90 bits per heavy atom. The number of benzene rings is 1. The van der Waals surface area contributed by atoms with E-state index in [1.165, 1.54) is 6.07 Å². The fourth-order valence-electron chi connectivity index (χ4n) is 2.20. The Labute approximate surface area is 118 Å². The number of rotatable bonds is 2. The van der Waals surface area contributed by atoms with Gasteiger partial charge in [-0.15, -0.1) is 0 Å². The zero-order valence-electron chi connectivity index (χ0n) is 11.1. The first-order chi connectivity index (χ1) is 10.1. The number of carbonyl (C=O) groups excluding carboxylic acids is 1. The first-order valence-electron chi connectivity index (χ1n) is 6.38. The summed E-state index contributed by atoms with van der Waals surface area (Å²) in [4.78, 5) is 38.0. The molecule has 3 aromatic rings. The summed E-state index contributed by atoms with van der Waals surface area (Å²) in [6.07, 6.45) is 0. The third-order valence-electron chi connectivity index (χ3n) is 3.13. The van der Waals surface area contributed by atoms with Crippen molar-refractivity contribution in [1.29, 1.82) is 0 Å². The number of aromatic nitrogens is 1. The van der Waals surface area contributed by atoms with Gasteiger partial charge in [0.1, 0.15) is 5.56 Å². The highest BCUT2D eigenvalue weighted by Gasteiger charge is 2.16. The number of carbonyl (C=O) groups is 1. The van der Waals surface area contributed by atoms with Crippen molar-refractivity contribution in [2.24, 2.45) is 0 Å². The lowest BCUT2D eigenvalue weighted by molar-refractivity contribution is 0.0522. The Morgan fingerprint density at radius 1 is 1.19 bits per heavy atom. The SMILES string of the molecule is CCOC(=O)c1cc2c([nH]c(=O)c3ccccc32)oc1=O. The molecule has 3 rings (SSSR count). The quantitative estimate of drug-likeness (QED) is 0.573. The van der Waals surface area contributed by atoms with E-state index < -0.39 is 11.6 Å². The summed E-state index contributed by atoms with van der Waals surface area (Å²) in [5.74, 6) is -0.747. The smallest absolute Gasteiger partial charge is 0.352 e. The molecular formula is C15H11NO5. The Bertz CT molecular complexity index is 967. The minimum Gasteiger partial charge on any atom is -0.462 e. The largest absolute Gasteiger partial charge is 0.462 e. The molecule has 0 atom stereocenters. The molecule has 0 amide bonds. The van der Waals surface area contributed by atoms with Crippen molar-refractivity contribution in [1.82, 2.24) is 4.98 Å². The van der Waals surface area contributed by atoms with Gasteiger partial charge < -0.3 is 9.15 Å². The zero-order chi connectivity index (χ0) is 15.0. The number of nitrogens with one attached hydrogen (secondary N) is 1. The standard InChI is InChI=1S/C15H11NO5/c1-2-20-14(18)11-7-10-8-5-3-4-6-9(8)12(17)16-13(10)21-15(11)19/h3-7H,2H2,1H3,(H,16,17). The molecule has 21 heavy (non-hydrogen) atoms. The van der Waals surface area contributed by atoms with Crippen LogP contribution in [0, 0.1) is 0 Å². The number of H-pyrrole nitrogens is 1. The van der Waals surface area contributed by atoms with Gasteiger partial charge in [0.15, 0.2) is 0 Å². The molecule has 0 saturated heterocycles. The second-order valence-corrected chi connectivity index (χ2v) is 4.41. The normalized spacial score (nSPS) is 10.9. The topological polar surface area (TPSA) is 89.4 Å². The molecule has 2 heterocycles. The maximum atomic E-state index is 11.9. The molecule has 1 N–H and O–H groups in total. The molecule has 0 radical (unpaired) electrons. The van der Waals surface area contributed by atoms with Crippen LogP contribution in [-0.2, 0) is 4.74 Å². The lowest BCUT2D eigenvalue weighted by Crippen LogP contribution is -2.17. The summed E-state index contributed by atoms with van der Waals surface area (Å²) >= 11 is 0. The van der Waals surface area contributed by atoms with Crippen LogP contribution < -0.4 is 11.2 Å². The molecule has 106 valence electrons. The van der Waals surface area contributed by atoms with Crippen molar-refractivity contribution >= 4 is 27.8 Å². The molecule has 0 fully saturated rings. The maximum Gasteiger partial charge on any atom is 0.352 e. The Balaban J connectivity index is 2.41. The van der Waals surface area contributed by atoms with Crippen LogP contribution in [0.2, 0.25) is 0 Å². The maximum absolute atomic E-state index is 11.9. The van der Waals surface area contributed by atoms with E-state index in [0.717, 1.165) is 0 Å². The van der Waals surface area contributed by atoms with Gasteiger partial charge in [0.05, 0.1) is 6.61 Å². The van der Waals surface area contributed by atoms with E-state index in [-0.39, 0.29) is 23.4 Å². The van der Waals surface area contributed by atoms with Crippen LogP contribution in [0.5, 0.6) is 0 Å². The fraction of sp³-hybridized carbons (Fsp3) is 0.133. The summed E-state index contributed by atoms with van der Waals surface area (Å²) in [5.41, 5.74) is -1.35. The van der Waals surface area contributed by atoms with Crippen molar-refractivity contribution in [3.05, 3.63) is 56.7 Å². The van der Waals surface area contributed by atoms with E-state index in [4.69, 9.17) is 9.15 Å². The molecule has 0 aliphatic rings. The van der Waals surface area contributed by atoms with E-state index in [2.05, 4.69) is 4.98 Å². The third kappa shape index (κ3) is 2.10. The first-order valence-corrected chi connectivity index (χ1v) is 6.38. The van der Waals surface area contributed by atoms with Gasteiger partial charge in [0.25, 0.3) is 5.56 Å². The molecule has 1 aromatic carbocycles. The van der Waals surface area contributed by atoms with Gasteiger partial charge in [-0.2, -0.15) is 0 Å². The van der Waals surface area contributed by atoms with E-state index >= 15 is 0 Å². The predicted molar refractivity (Wildman–Crippen MR) is 76.6 cm³/mol. The Morgan fingerprint density at radius 3 is 2.62 bits per heavy atom. The summed E-state index contributed by atoms with van der Waals surface area (Å²) in [5, 5.41) is 1.53. The summed E-state index contributed by atoms with van der Waals surface area (Å²) in [6.45, 7) is 1.80. The number of pyridine rings is 1. The third-order valence-corrected chi connectivity index (χ3v) is 3.13. The lowest BCUT2D eigenvalue weighted by Gasteiger charge is -2.04. The molecule has 0 bridgehead atoms. The second-order valence-electron chi connectivity index (χ2n) is 4.41. The van der Waals surface area contributed by atoms with Crippen LogP contribution in [-0.4, -0.2) is 17.6 Å². The molecule has 0 spiro atoms. The summed E-state index contributed by atoms with van der Waals surface area (Å²) < 4.78 is 9.86. The molecule has 2 aromatic heterocycles. The van der Waals surface area contributed by atoms with Gasteiger partial charge in [-0.25, -0.2) is 9.59 Å². The minimum absolute atomic E-state index is 0.0387. The highest BCUT2D eigenvalue weighted by atomic mass is 16.5. The fourth-order valence-corrected chi connectivity index (χ4v) is 2.20. The minimum atomic E-state index is -0.841. The molecule has 6 nitrogen and oxygen atoms in total. The van der Waals surface area contributed by atoms with Crippen LogP contribution in [0.4, 0.5) is 0 Å². The van der Waals surface area contributed by atoms with Crippen molar-refractivity contribution < 1.29 is 13.9 Å². The second kappa shape index (κ2) is 4.90. The first kappa shape index (κ1) is 13.1. The van der Waals surface area contributed by atoms with E-state index in [9.17, 15) is 14.4 Å².